The first-order chi connectivity index (χ1) is 13.4. The predicted molar refractivity (Wildman–Crippen MR) is 104 cm³/mol. The maximum atomic E-state index is 15.2. The molecule has 4 rings (SSSR count). The van der Waals surface area contributed by atoms with Crippen molar-refractivity contribution >= 4 is 22.6 Å². The zero-order valence-corrected chi connectivity index (χ0v) is 16.0. The van der Waals surface area contributed by atoms with Crippen LogP contribution in [0.2, 0.25) is 0 Å². The van der Waals surface area contributed by atoms with Crippen molar-refractivity contribution in [3.63, 3.8) is 0 Å². The summed E-state index contributed by atoms with van der Waals surface area (Å²) >= 11 is 0. The molecule has 2 N–H and O–H groups in total. The lowest BCUT2D eigenvalue weighted by Crippen LogP contribution is -2.49. The Morgan fingerprint density at radius 2 is 2.18 bits per heavy atom. The van der Waals surface area contributed by atoms with E-state index in [4.69, 9.17) is 4.74 Å². The van der Waals surface area contributed by atoms with Gasteiger partial charge in [-0.05, 0) is 32.8 Å². The van der Waals surface area contributed by atoms with E-state index in [2.05, 4.69) is 5.32 Å². The molecule has 0 amide bonds. The Bertz CT molecular complexity index is 999. The summed E-state index contributed by atoms with van der Waals surface area (Å²) in [5.74, 6) is -1.54. The summed E-state index contributed by atoms with van der Waals surface area (Å²) in [5, 5.41) is 12.8. The SMILES string of the molecule is CCOc1c(N2CCNC(C)C2)c(F)cc2c(=O)c(C(=O)O)cn(C3CC3)c12. The second-order valence-corrected chi connectivity index (χ2v) is 7.48. The van der Waals surface area contributed by atoms with Crippen LogP contribution in [0.15, 0.2) is 17.1 Å². The highest BCUT2D eigenvalue weighted by atomic mass is 19.1. The Labute approximate surface area is 161 Å². The largest absolute Gasteiger partial charge is 0.489 e. The molecular formula is C20H24FN3O4. The number of aromatic nitrogens is 1. The van der Waals surface area contributed by atoms with Crippen molar-refractivity contribution in [1.82, 2.24) is 9.88 Å². The molecule has 1 saturated heterocycles. The molecule has 2 fully saturated rings. The number of carboxylic acid groups (broad SMARTS) is 1. The molecule has 7 nitrogen and oxygen atoms in total. The van der Waals surface area contributed by atoms with Crippen molar-refractivity contribution in [2.45, 2.75) is 38.8 Å². The number of piperazine rings is 1. The molecular weight excluding hydrogens is 365 g/mol. The van der Waals surface area contributed by atoms with Gasteiger partial charge in [-0.3, -0.25) is 4.79 Å². The lowest BCUT2D eigenvalue weighted by atomic mass is 10.1. The van der Waals surface area contributed by atoms with Crippen LogP contribution in [-0.2, 0) is 0 Å². The molecule has 0 bridgehead atoms. The van der Waals surface area contributed by atoms with E-state index in [1.807, 2.05) is 18.7 Å². The van der Waals surface area contributed by atoms with Crippen LogP contribution in [0.3, 0.4) is 0 Å². The van der Waals surface area contributed by atoms with Gasteiger partial charge in [0.05, 0.1) is 17.5 Å². The Morgan fingerprint density at radius 1 is 1.43 bits per heavy atom. The molecule has 8 heteroatoms. The maximum Gasteiger partial charge on any atom is 0.341 e. The fourth-order valence-electron chi connectivity index (χ4n) is 3.95. The number of benzene rings is 1. The van der Waals surface area contributed by atoms with E-state index in [0.717, 1.165) is 19.4 Å². The number of nitrogens with one attached hydrogen (secondary N) is 1. The maximum absolute atomic E-state index is 15.2. The molecule has 1 aliphatic carbocycles. The number of aromatic carboxylic acids is 1. The highest BCUT2D eigenvalue weighted by molar-refractivity contribution is 5.97. The van der Waals surface area contributed by atoms with Crippen molar-refractivity contribution in [2.24, 2.45) is 0 Å². The van der Waals surface area contributed by atoms with Crippen LogP contribution in [0, 0.1) is 5.82 Å². The molecule has 1 unspecified atom stereocenters. The molecule has 28 heavy (non-hydrogen) atoms. The van der Waals surface area contributed by atoms with E-state index in [1.54, 1.807) is 4.57 Å². The molecule has 1 aliphatic heterocycles. The number of nitrogens with zero attached hydrogens (tertiary/aromatic N) is 2. The second-order valence-electron chi connectivity index (χ2n) is 7.48. The second kappa shape index (κ2) is 7.09. The average molecular weight is 389 g/mol. The fourth-order valence-corrected chi connectivity index (χ4v) is 3.95. The molecule has 1 saturated carbocycles. The minimum atomic E-state index is -1.31. The molecule has 1 atom stereocenters. The summed E-state index contributed by atoms with van der Waals surface area (Å²) in [6, 6.07) is 1.46. The number of hydrogen-bond donors (Lipinski definition) is 2. The summed E-state index contributed by atoms with van der Waals surface area (Å²) in [6.45, 7) is 6.11. The van der Waals surface area contributed by atoms with Gasteiger partial charge in [0, 0.05) is 37.9 Å². The minimum absolute atomic E-state index is 0.0553. The van der Waals surface area contributed by atoms with Gasteiger partial charge in [-0.25, -0.2) is 9.18 Å². The van der Waals surface area contributed by atoms with Crippen molar-refractivity contribution in [3.05, 3.63) is 33.9 Å². The number of hydrogen-bond acceptors (Lipinski definition) is 5. The third kappa shape index (κ3) is 3.11. The molecule has 0 radical (unpaired) electrons. The van der Waals surface area contributed by atoms with Gasteiger partial charge in [0.1, 0.15) is 11.3 Å². The van der Waals surface area contributed by atoms with Crippen LogP contribution in [-0.4, -0.2) is 47.9 Å². The molecule has 150 valence electrons. The van der Waals surface area contributed by atoms with Crippen molar-refractivity contribution in [1.29, 1.82) is 0 Å². The van der Waals surface area contributed by atoms with Gasteiger partial charge in [0.15, 0.2) is 11.6 Å². The normalized spacial score (nSPS) is 19.8. The van der Waals surface area contributed by atoms with Gasteiger partial charge < -0.3 is 24.6 Å². The third-order valence-corrected chi connectivity index (χ3v) is 5.34. The average Bonchev–Trinajstić information content (AvgIpc) is 3.47. The zero-order chi connectivity index (χ0) is 20.0. The van der Waals surface area contributed by atoms with E-state index >= 15 is 4.39 Å². The molecule has 2 aromatic rings. The molecule has 1 aromatic heterocycles. The standard InChI is InChI=1S/C20H24FN3O4/c1-3-28-19-16-13(8-15(21)17(19)23-7-6-22-11(2)9-23)18(25)14(20(26)27)10-24(16)12-4-5-12/h8,10-12,22H,3-7,9H2,1-2H3,(H,26,27). The van der Waals surface area contributed by atoms with Gasteiger partial charge in [-0.2, -0.15) is 0 Å². The number of carbonyl (C=O) groups is 1. The van der Waals surface area contributed by atoms with Gasteiger partial charge in [0.2, 0.25) is 5.43 Å². The first kappa shape index (κ1) is 18.7. The van der Waals surface area contributed by atoms with Crippen LogP contribution >= 0.6 is 0 Å². The van der Waals surface area contributed by atoms with Crippen molar-refractivity contribution in [2.75, 3.05) is 31.1 Å². The van der Waals surface area contributed by atoms with Gasteiger partial charge in [0.25, 0.3) is 0 Å². The van der Waals surface area contributed by atoms with Crippen molar-refractivity contribution in [3.8, 4) is 5.75 Å². The quantitative estimate of drug-likeness (QED) is 0.817. The van der Waals surface area contributed by atoms with Crippen LogP contribution in [0.4, 0.5) is 10.1 Å². The topological polar surface area (TPSA) is 83.8 Å². The van der Waals surface area contributed by atoms with E-state index in [9.17, 15) is 14.7 Å². The number of rotatable bonds is 5. The third-order valence-electron chi connectivity index (χ3n) is 5.34. The lowest BCUT2D eigenvalue weighted by molar-refractivity contribution is 0.0694. The predicted octanol–water partition coefficient (Wildman–Crippen LogP) is 2.37. The number of anilines is 1. The minimum Gasteiger partial charge on any atom is -0.489 e. The monoisotopic (exact) mass is 389 g/mol. The number of halogens is 1. The number of ether oxygens (including phenoxy) is 1. The Kier molecular flexibility index (Phi) is 4.74. The van der Waals surface area contributed by atoms with E-state index in [1.165, 1.54) is 12.3 Å². The fraction of sp³-hybridized carbons (Fsp3) is 0.500. The molecule has 1 aromatic carbocycles. The number of fused-ring (bicyclic) bond motifs is 1. The lowest BCUT2D eigenvalue weighted by Gasteiger charge is -2.35. The van der Waals surface area contributed by atoms with E-state index in [0.29, 0.717) is 36.6 Å². The number of carboxylic acids is 1. The first-order valence-electron chi connectivity index (χ1n) is 9.68. The summed E-state index contributed by atoms with van der Waals surface area (Å²) in [4.78, 5) is 26.3. The highest BCUT2D eigenvalue weighted by Gasteiger charge is 2.32. The summed E-state index contributed by atoms with van der Waals surface area (Å²) in [7, 11) is 0. The molecule has 2 aliphatic rings. The zero-order valence-electron chi connectivity index (χ0n) is 16.0. The van der Waals surface area contributed by atoms with Gasteiger partial charge >= 0.3 is 5.97 Å². The van der Waals surface area contributed by atoms with Crippen molar-refractivity contribution < 1.29 is 19.0 Å². The van der Waals surface area contributed by atoms with E-state index < -0.39 is 17.2 Å². The highest BCUT2D eigenvalue weighted by Crippen LogP contribution is 2.44. The smallest absolute Gasteiger partial charge is 0.341 e. The molecule has 0 spiro atoms. The van der Waals surface area contributed by atoms with Gasteiger partial charge in [-0.1, -0.05) is 0 Å². The first-order valence-corrected chi connectivity index (χ1v) is 9.68. The van der Waals surface area contributed by atoms with Crippen LogP contribution in [0.25, 0.3) is 10.9 Å². The summed E-state index contributed by atoms with van der Waals surface area (Å²) in [5.41, 5.74) is -0.189. The molecule has 2 heterocycles. The van der Waals surface area contributed by atoms with Gasteiger partial charge in [-0.15, -0.1) is 0 Å². The van der Waals surface area contributed by atoms with E-state index in [-0.39, 0.29) is 23.0 Å². The van der Waals surface area contributed by atoms with Crippen LogP contribution < -0.4 is 20.4 Å². The summed E-state index contributed by atoms with van der Waals surface area (Å²) in [6.07, 6.45) is 3.16. The number of pyridine rings is 1. The summed E-state index contributed by atoms with van der Waals surface area (Å²) < 4.78 is 22.9. The van der Waals surface area contributed by atoms with Crippen LogP contribution in [0.1, 0.15) is 43.1 Å². The Hall–Kier alpha value is -2.61. The Balaban J connectivity index is 2.04. The van der Waals surface area contributed by atoms with Crippen LogP contribution in [0.5, 0.6) is 5.75 Å². The Morgan fingerprint density at radius 3 is 2.79 bits per heavy atom.